The van der Waals surface area contributed by atoms with E-state index in [-0.39, 0.29) is 0 Å². The van der Waals surface area contributed by atoms with Crippen LogP contribution in [0.2, 0.25) is 5.15 Å². The van der Waals surface area contributed by atoms with Crippen LogP contribution in [0.3, 0.4) is 0 Å². The van der Waals surface area contributed by atoms with Crippen molar-refractivity contribution in [2.75, 3.05) is 0 Å². The van der Waals surface area contributed by atoms with E-state index in [1.807, 2.05) is 41.9 Å². The number of aromatic nitrogens is 2. The average molecular weight is 222 g/mol. The summed E-state index contributed by atoms with van der Waals surface area (Å²) in [6, 6.07) is 9.92. The number of halogens is 1. The molecule has 0 aliphatic rings. The van der Waals surface area contributed by atoms with Crippen molar-refractivity contribution >= 4 is 11.6 Å². The molecule has 2 aromatic rings. The summed E-state index contributed by atoms with van der Waals surface area (Å²) in [5.74, 6) is 0.791. The predicted molar refractivity (Wildman–Crippen MR) is 61.5 cm³/mol. The van der Waals surface area contributed by atoms with Crippen LogP contribution in [-0.4, -0.2) is 9.55 Å². The van der Waals surface area contributed by atoms with Crippen molar-refractivity contribution in [2.24, 2.45) is 12.8 Å². The van der Waals surface area contributed by atoms with E-state index < -0.39 is 0 Å². The Hall–Kier alpha value is -1.32. The van der Waals surface area contributed by atoms with Crippen molar-refractivity contribution in [1.82, 2.24) is 9.55 Å². The van der Waals surface area contributed by atoms with Crippen LogP contribution >= 0.6 is 11.6 Å². The fourth-order valence-corrected chi connectivity index (χ4v) is 1.93. The Morgan fingerprint density at radius 3 is 2.53 bits per heavy atom. The second-order valence-electron chi connectivity index (χ2n) is 3.30. The van der Waals surface area contributed by atoms with Crippen LogP contribution in [-0.2, 0) is 13.6 Å². The molecule has 0 atom stereocenters. The quantitative estimate of drug-likeness (QED) is 0.845. The first-order chi connectivity index (χ1) is 7.24. The van der Waals surface area contributed by atoms with Crippen molar-refractivity contribution in [3.63, 3.8) is 0 Å². The first-order valence-electron chi connectivity index (χ1n) is 4.70. The van der Waals surface area contributed by atoms with Crippen molar-refractivity contribution in [3.8, 4) is 11.3 Å². The monoisotopic (exact) mass is 221 g/mol. The molecule has 15 heavy (non-hydrogen) atoms. The third-order valence-electron chi connectivity index (χ3n) is 2.38. The summed E-state index contributed by atoms with van der Waals surface area (Å²) in [5.41, 5.74) is 7.54. The maximum atomic E-state index is 6.08. The Labute approximate surface area is 93.5 Å². The molecule has 2 rings (SSSR count). The van der Waals surface area contributed by atoms with E-state index in [2.05, 4.69) is 4.98 Å². The summed E-state index contributed by atoms with van der Waals surface area (Å²) in [6.45, 7) is 0.392. The molecule has 2 N–H and O–H groups in total. The Morgan fingerprint density at radius 2 is 2.00 bits per heavy atom. The zero-order chi connectivity index (χ0) is 10.8. The predicted octanol–water partition coefficient (Wildman–Crippen LogP) is 2.20. The molecule has 4 heteroatoms. The lowest BCUT2D eigenvalue weighted by Crippen LogP contribution is -2.05. The van der Waals surface area contributed by atoms with Gasteiger partial charge in [-0.3, -0.25) is 0 Å². The fourth-order valence-electron chi connectivity index (χ4n) is 1.60. The zero-order valence-electron chi connectivity index (χ0n) is 8.44. The first kappa shape index (κ1) is 10.2. The minimum absolute atomic E-state index is 0.392. The number of rotatable bonds is 2. The number of hydrogen-bond acceptors (Lipinski definition) is 2. The molecule has 1 heterocycles. The molecule has 78 valence electrons. The topological polar surface area (TPSA) is 43.8 Å². The molecular formula is C11H12ClN3. The van der Waals surface area contributed by atoms with Gasteiger partial charge in [0.1, 0.15) is 5.82 Å². The number of nitrogens with zero attached hydrogens (tertiary/aromatic N) is 2. The highest BCUT2D eigenvalue weighted by Crippen LogP contribution is 2.27. The maximum absolute atomic E-state index is 6.08. The number of hydrogen-bond donors (Lipinski definition) is 1. The van der Waals surface area contributed by atoms with Crippen molar-refractivity contribution < 1.29 is 0 Å². The number of benzene rings is 1. The second kappa shape index (κ2) is 4.04. The first-order valence-corrected chi connectivity index (χ1v) is 5.08. The highest BCUT2D eigenvalue weighted by Gasteiger charge is 2.12. The van der Waals surface area contributed by atoms with Gasteiger partial charge in [-0.25, -0.2) is 4.98 Å². The molecule has 1 aromatic carbocycles. The molecule has 0 saturated heterocycles. The number of imidazole rings is 1. The molecule has 3 nitrogen and oxygen atoms in total. The van der Waals surface area contributed by atoms with Crippen LogP contribution in [0, 0.1) is 0 Å². The highest BCUT2D eigenvalue weighted by molar-refractivity contribution is 6.32. The van der Waals surface area contributed by atoms with Crippen LogP contribution in [0.1, 0.15) is 5.82 Å². The second-order valence-corrected chi connectivity index (χ2v) is 3.65. The van der Waals surface area contributed by atoms with Gasteiger partial charge >= 0.3 is 0 Å². The average Bonchev–Trinajstić information content (AvgIpc) is 2.55. The summed E-state index contributed by atoms with van der Waals surface area (Å²) in [7, 11) is 1.92. The van der Waals surface area contributed by atoms with E-state index >= 15 is 0 Å². The minimum Gasteiger partial charge on any atom is -0.329 e. The molecule has 0 aliphatic carbocycles. The van der Waals surface area contributed by atoms with Gasteiger partial charge in [-0.05, 0) is 0 Å². The van der Waals surface area contributed by atoms with E-state index in [9.17, 15) is 0 Å². The van der Waals surface area contributed by atoms with Gasteiger partial charge < -0.3 is 10.3 Å². The van der Waals surface area contributed by atoms with Crippen molar-refractivity contribution in [2.45, 2.75) is 6.54 Å². The number of nitrogens with two attached hydrogens (primary N) is 1. The van der Waals surface area contributed by atoms with Crippen LogP contribution in [0.15, 0.2) is 30.3 Å². The van der Waals surface area contributed by atoms with Crippen LogP contribution in [0.5, 0.6) is 0 Å². The van der Waals surface area contributed by atoms with Gasteiger partial charge in [-0.1, -0.05) is 41.9 Å². The Kier molecular flexibility index (Phi) is 2.75. The summed E-state index contributed by atoms with van der Waals surface area (Å²) in [4.78, 5) is 4.21. The molecule has 0 bridgehead atoms. The summed E-state index contributed by atoms with van der Waals surface area (Å²) in [6.07, 6.45) is 0. The molecule has 0 spiro atoms. The lowest BCUT2D eigenvalue weighted by Gasteiger charge is -2.04. The van der Waals surface area contributed by atoms with E-state index in [0.29, 0.717) is 11.7 Å². The van der Waals surface area contributed by atoms with E-state index in [0.717, 1.165) is 17.1 Å². The SMILES string of the molecule is Cn1c(CN)nc(Cl)c1-c1ccccc1. The van der Waals surface area contributed by atoms with Crippen LogP contribution in [0.25, 0.3) is 11.3 Å². The van der Waals surface area contributed by atoms with Crippen LogP contribution < -0.4 is 5.73 Å². The van der Waals surface area contributed by atoms with Gasteiger partial charge in [0.2, 0.25) is 0 Å². The van der Waals surface area contributed by atoms with Gasteiger partial charge in [0.25, 0.3) is 0 Å². The molecular weight excluding hydrogens is 210 g/mol. The van der Waals surface area contributed by atoms with Crippen molar-refractivity contribution in [3.05, 3.63) is 41.3 Å². The van der Waals surface area contributed by atoms with Crippen molar-refractivity contribution in [1.29, 1.82) is 0 Å². The standard InChI is InChI=1S/C11H12ClN3/c1-15-9(7-13)14-11(12)10(15)8-5-3-2-4-6-8/h2-6H,7,13H2,1H3. The van der Waals surface area contributed by atoms with Gasteiger partial charge in [-0.2, -0.15) is 0 Å². The Balaban J connectivity index is 2.58. The van der Waals surface area contributed by atoms with E-state index in [4.69, 9.17) is 17.3 Å². The molecule has 0 radical (unpaired) electrons. The fraction of sp³-hybridized carbons (Fsp3) is 0.182. The molecule has 0 fully saturated rings. The third-order valence-corrected chi connectivity index (χ3v) is 2.64. The van der Waals surface area contributed by atoms with Gasteiger partial charge in [0, 0.05) is 12.6 Å². The Morgan fingerprint density at radius 1 is 1.33 bits per heavy atom. The third kappa shape index (κ3) is 1.76. The lowest BCUT2D eigenvalue weighted by molar-refractivity contribution is 0.799. The zero-order valence-corrected chi connectivity index (χ0v) is 9.20. The van der Waals surface area contributed by atoms with Crippen LogP contribution in [0.4, 0.5) is 0 Å². The smallest absolute Gasteiger partial charge is 0.155 e. The molecule has 1 aromatic heterocycles. The normalized spacial score (nSPS) is 10.6. The molecule has 0 amide bonds. The van der Waals surface area contributed by atoms with E-state index in [1.165, 1.54) is 0 Å². The van der Waals surface area contributed by atoms with Gasteiger partial charge in [-0.15, -0.1) is 0 Å². The van der Waals surface area contributed by atoms with Gasteiger partial charge in [0.15, 0.2) is 5.15 Å². The largest absolute Gasteiger partial charge is 0.329 e. The van der Waals surface area contributed by atoms with Gasteiger partial charge in [0.05, 0.1) is 12.2 Å². The highest BCUT2D eigenvalue weighted by atomic mass is 35.5. The Bertz CT molecular complexity index is 462. The maximum Gasteiger partial charge on any atom is 0.155 e. The molecule has 0 saturated carbocycles. The minimum atomic E-state index is 0.392. The summed E-state index contributed by atoms with van der Waals surface area (Å²) >= 11 is 6.08. The molecule has 0 unspecified atom stereocenters. The summed E-state index contributed by atoms with van der Waals surface area (Å²) in [5, 5.41) is 0.504. The van der Waals surface area contributed by atoms with E-state index in [1.54, 1.807) is 0 Å². The lowest BCUT2D eigenvalue weighted by atomic mass is 10.2. The molecule has 0 aliphatic heterocycles. The summed E-state index contributed by atoms with van der Waals surface area (Å²) < 4.78 is 1.93.